The summed E-state index contributed by atoms with van der Waals surface area (Å²) in [6.45, 7) is 14.9. The van der Waals surface area contributed by atoms with E-state index in [-0.39, 0.29) is 5.54 Å². The minimum atomic E-state index is 0.104. The molecule has 1 atom stereocenters. The van der Waals surface area contributed by atoms with Crippen molar-refractivity contribution in [1.82, 2.24) is 15.1 Å². The topological polar surface area (TPSA) is 31.7 Å². The summed E-state index contributed by atoms with van der Waals surface area (Å²) in [7, 11) is 4.25. The van der Waals surface area contributed by atoms with Crippen molar-refractivity contribution in [2.24, 2.45) is 0 Å². The number of furan rings is 1. The molecular weight excluding hydrogens is 262 g/mol. The lowest BCUT2D eigenvalue weighted by Gasteiger charge is -2.30. The summed E-state index contributed by atoms with van der Waals surface area (Å²) < 4.78 is 5.67. The van der Waals surface area contributed by atoms with Gasteiger partial charge >= 0.3 is 0 Å². The highest BCUT2D eigenvalue weighted by atomic mass is 16.3. The van der Waals surface area contributed by atoms with Crippen LogP contribution in [-0.4, -0.2) is 48.6 Å². The van der Waals surface area contributed by atoms with Crippen molar-refractivity contribution in [3.63, 3.8) is 0 Å². The van der Waals surface area contributed by atoms with E-state index < -0.39 is 0 Å². The first-order valence-electron chi connectivity index (χ1n) is 7.92. The third-order valence-corrected chi connectivity index (χ3v) is 3.65. The van der Waals surface area contributed by atoms with Gasteiger partial charge in [-0.15, -0.1) is 0 Å². The first-order chi connectivity index (χ1) is 9.73. The molecule has 0 radical (unpaired) electrons. The second-order valence-electron chi connectivity index (χ2n) is 7.15. The highest BCUT2D eigenvalue weighted by Gasteiger charge is 2.17. The molecule has 0 aliphatic carbocycles. The smallest absolute Gasteiger partial charge is 0.122 e. The zero-order valence-electron chi connectivity index (χ0n) is 14.9. The fraction of sp³-hybridized carbons (Fsp3) is 0.765. The van der Waals surface area contributed by atoms with Gasteiger partial charge in [-0.2, -0.15) is 0 Å². The van der Waals surface area contributed by atoms with Crippen molar-refractivity contribution >= 4 is 0 Å². The lowest BCUT2D eigenvalue weighted by atomic mass is 10.1. The van der Waals surface area contributed by atoms with Crippen LogP contribution in [0.5, 0.6) is 0 Å². The van der Waals surface area contributed by atoms with Gasteiger partial charge in [0.25, 0.3) is 0 Å². The van der Waals surface area contributed by atoms with Gasteiger partial charge in [-0.3, -0.25) is 4.90 Å². The Bertz CT molecular complexity index is 406. The van der Waals surface area contributed by atoms with Crippen molar-refractivity contribution in [3.05, 3.63) is 23.7 Å². The molecule has 0 bridgehead atoms. The Hall–Kier alpha value is -0.840. The molecule has 1 aromatic heterocycles. The molecule has 0 amide bonds. The molecule has 0 aromatic carbocycles. The monoisotopic (exact) mass is 295 g/mol. The molecular formula is C17H33N3O. The molecule has 0 saturated heterocycles. The fourth-order valence-electron chi connectivity index (χ4n) is 2.45. The van der Waals surface area contributed by atoms with E-state index >= 15 is 0 Å². The van der Waals surface area contributed by atoms with Crippen molar-refractivity contribution in [1.29, 1.82) is 0 Å². The highest BCUT2D eigenvalue weighted by Crippen LogP contribution is 2.16. The van der Waals surface area contributed by atoms with E-state index in [4.69, 9.17) is 4.42 Å². The van der Waals surface area contributed by atoms with Crippen molar-refractivity contribution in [2.75, 3.05) is 27.2 Å². The standard InChI is InChI=1S/C17H33N3O/c1-8-20(14(2)12-19(6)7)13-15-9-10-21-16(15)11-18-17(3,4)5/h9-10,14,18H,8,11-13H2,1-7H3. The highest BCUT2D eigenvalue weighted by molar-refractivity contribution is 5.17. The maximum absolute atomic E-state index is 5.67. The number of hydrogen-bond donors (Lipinski definition) is 1. The molecule has 1 aromatic rings. The molecule has 122 valence electrons. The normalized spacial score (nSPS) is 14.1. The third-order valence-electron chi connectivity index (χ3n) is 3.65. The summed E-state index contributed by atoms with van der Waals surface area (Å²) >= 11 is 0. The van der Waals surface area contributed by atoms with Crippen LogP contribution >= 0.6 is 0 Å². The van der Waals surface area contributed by atoms with Gasteiger partial charge in [0.05, 0.1) is 12.8 Å². The van der Waals surface area contributed by atoms with Crippen LogP contribution in [0.4, 0.5) is 0 Å². The average molecular weight is 295 g/mol. The summed E-state index contributed by atoms with van der Waals surface area (Å²) in [5, 5.41) is 3.50. The maximum atomic E-state index is 5.67. The summed E-state index contributed by atoms with van der Waals surface area (Å²) in [5.74, 6) is 1.06. The summed E-state index contributed by atoms with van der Waals surface area (Å²) in [4.78, 5) is 4.73. The van der Waals surface area contributed by atoms with Crippen molar-refractivity contribution in [2.45, 2.75) is 59.3 Å². The summed E-state index contributed by atoms with van der Waals surface area (Å²) in [6.07, 6.45) is 1.81. The van der Waals surface area contributed by atoms with Crippen LogP contribution in [0.2, 0.25) is 0 Å². The first-order valence-corrected chi connectivity index (χ1v) is 7.92. The Morgan fingerprint density at radius 3 is 2.48 bits per heavy atom. The van der Waals surface area contributed by atoms with Gasteiger partial charge in [-0.05, 0) is 54.4 Å². The SMILES string of the molecule is CCN(Cc1ccoc1CNC(C)(C)C)C(C)CN(C)C. The number of nitrogens with one attached hydrogen (secondary N) is 1. The van der Waals surface area contributed by atoms with Crippen LogP contribution < -0.4 is 5.32 Å². The molecule has 0 saturated carbocycles. The molecule has 1 heterocycles. The van der Waals surface area contributed by atoms with Crippen molar-refractivity contribution < 1.29 is 4.42 Å². The predicted octanol–water partition coefficient (Wildman–Crippen LogP) is 2.94. The minimum Gasteiger partial charge on any atom is -0.468 e. The van der Waals surface area contributed by atoms with Gasteiger partial charge in [-0.1, -0.05) is 6.92 Å². The van der Waals surface area contributed by atoms with Crippen LogP contribution in [0.25, 0.3) is 0 Å². The predicted molar refractivity (Wildman–Crippen MR) is 89.4 cm³/mol. The number of nitrogens with zero attached hydrogens (tertiary/aromatic N) is 2. The Kier molecular flexibility index (Phi) is 6.91. The number of likely N-dealkylation sites (N-methyl/N-ethyl adjacent to an activating group) is 2. The lowest BCUT2D eigenvalue weighted by molar-refractivity contribution is 0.173. The Morgan fingerprint density at radius 2 is 1.95 bits per heavy atom. The molecule has 0 aliphatic heterocycles. The summed E-state index contributed by atoms with van der Waals surface area (Å²) in [6, 6.07) is 2.63. The third kappa shape index (κ3) is 6.64. The Balaban J connectivity index is 2.66. The minimum absolute atomic E-state index is 0.104. The lowest BCUT2D eigenvalue weighted by Crippen LogP contribution is -2.40. The van der Waals surface area contributed by atoms with Crippen LogP contribution in [0, 0.1) is 0 Å². The van der Waals surface area contributed by atoms with Gasteiger partial charge in [0, 0.05) is 30.2 Å². The average Bonchev–Trinajstić information content (AvgIpc) is 2.78. The van der Waals surface area contributed by atoms with E-state index in [2.05, 4.69) is 69.9 Å². The maximum Gasteiger partial charge on any atom is 0.122 e. The molecule has 1 unspecified atom stereocenters. The molecule has 1 rings (SSSR count). The van der Waals surface area contributed by atoms with Gasteiger partial charge in [-0.25, -0.2) is 0 Å². The van der Waals surface area contributed by atoms with E-state index in [9.17, 15) is 0 Å². The molecule has 1 N–H and O–H groups in total. The van der Waals surface area contributed by atoms with Gasteiger partial charge in [0.1, 0.15) is 5.76 Å². The largest absolute Gasteiger partial charge is 0.468 e. The van der Waals surface area contributed by atoms with E-state index in [1.54, 1.807) is 6.26 Å². The van der Waals surface area contributed by atoms with Gasteiger partial charge in [0.2, 0.25) is 0 Å². The van der Waals surface area contributed by atoms with E-state index in [1.807, 2.05) is 0 Å². The second kappa shape index (κ2) is 7.97. The molecule has 0 fully saturated rings. The van der Waals surface area contributed by atoms with Crippen LogP contribution in [0.1, 0.15) is 45.9 Å². The number of rotatable bonds is 8. The molecule has 0 spiro atoms. The van der Waals surface area contributed by atoms with Crippen LogP contribution in [-0.2, 0) is 13.1 Å². The quantitative estimate of drug-likeness (QED) is 0.799. The molecule has 4 heteroatoms. The van der Waals surface area contributed by atoms with Crippen molar-refractivity contribution in [3.8, 4) is 0 Å². The van der Waals surface area contributed by atoms with Gasteiger partial charge < -0.3 is 14.6 Å². The van der Waals surface area contributed by atoms with E-state index in [0.29, 0.717) is 6.04 Å². The molecule has 4 nitrogen and oxygen atoms in total. The van der Waals surface area contributed by atoms with Crippen LogP contribution in [0.15, 0.2) is 16.7 Å². The zero-order chi connectivity index (χ0) is 16.0. The zero-order valence-corrected chi connectivity index (χ0v) is 14.9. The van der Waals surface area contributed by atoms with E-state index in [1.165, 1.54) is 5.56 Å². The Labute approximate surface area is 130 Å². The van der Waals surface area contributed by atoms with Gasteiger partial charge in [0.15, 0.2) is 0 Å². The first kappa shape index (κ1) is 18.2. The molecule has 21 heavy (non-hydrogen) atoms. The van der Waals surface area contributed by atoms with Crippen LogP contribution in [0.3, 0.4) is 0 Å². The summed E-state index contributed by atoms with van der Waals surface area (Å²) in [5.41, 5.74) is 1.39. The second-order valence-corrected chi connectivity index (χ2v) is 7.15. The Morgan fingerprint density at radius 1 is 1.29 bits per heavy atom. The fourth-order valence-corrected chi connectivity index (χ4v) is 2.45. The molecule has 0 aliphatic rings. The van der Waals surface area contributed by atoms with E-state index in [0.717, 1.165) is 31.9 Å². The number of hydrogen-bond acceptors (Lipinski definition) is 4.